The lowest BCUT2D eigenvalue weighted by molar-refractivity contribution is 0.204. The molecule has 2 heterocycles. The van der Waals surface area contributed by atoms with E-state index in [2.05, 4.69) is 27.2 Å². The summed E-state index contributed by atoms with van der Waals surface area (Å²) in [6.07, 6.45) is 2.26. The van der Waals surface area contributed by atoms with Gasteiger partial charge in [0.25, 0.3) is 0 Å². The van der Waals surface area contributed by atoms with Gasteiger partial charge in [0.05, 0.1) is 11.6 Å². The first kappa shape index (κ1) is 14.2. The van der Waals surface area contributed by atoms with Gasteiger partial charge in [-0.1, -0.05) is 18.2 Å². The van der Waals surface area contributed by atoms with Crippen molar-refractivity contribution in [1.29, 1.82) is 5.26 Å². The number of aryl methyl sites for hydroxylation is 1. The fraction of sp³-hybridized carbons (Fsp3) is 0.438. The van der Waals surface area contributed by atoms with Crippen molar-refractivity contribution in [2.45, 2.75) is 32.2 Å². The van der Waals surface area contributed by atoms with Crippen molar-refractivity contribution in [3.05, 3.63) is 45.4 Å². The van der Waals surface area contributed by atoms with Gasteiger partial charge in [0.15, 0.2) is 0 Å². The van der Waals surface area contributed by atoms with Crippen molar-refractivity contribution in [1.82, 2.24) is 15.1 Å². The summed E-state index contributed by atoms with van der Waals surface area (Å²) < 4.78 is 0. The van der Waals surface area contributed by atoms with Gasteiger partial charge in [0.2, 0.25) is 0 Å². The van der Waals surface area contributed by atoms with Gasteiger partial charge in [-0.25, -0.2) is 0 Å². The number of aromatic nitrogens is 2. The molecule has 0 spiro atoms. The third kappa shape index (κ3) is 3.29. The number of likely N-dealkylation sites (tertiary alicyclic amines) is 1. The van der Waals surface area contributed by atoms with Crippen LogP contribution in [0.5, 0.6) is 0 Å². The van der Waals surface area contributed by atoms with E-state index < -0.39 is 0 Å². The first-order valence-electron chi connectivity index (χ1n) is 7.26. The molecule has 1 aliphatic rings. The number of hydrogen-bond acceptors (Lipinski definition) is 5. The van der Waals surface area contributed by atoms with Crippen LogP contribution in [0.1, 0.15) is 39.9 Å². The number of rotatable bonds is 3. The molecule has 1 aromatic heterocycles. The van der Waals surface area contributed by atoms with Crippen LogP contribution in [0.3, 0.4) is 0 Å². The molecule has 0 N–H and O–H groups in total. The average molecular weight is 298 g/mol. The Morgan fingerprint density at radius 1 is 1.29 bits per heavy atom. The molecule has 0 amide bonds. The third-order valence-electron chi connectivity index (χ3n) is 4.01. The van der Waals surface area contributed by atoms with Crippen molar-refractivity contribution >= 4 is 11.3 Å². The van der Waals surface area contributed by atoms with E-state index in [-0.39, 0.29) is 0 Å². The van der Waals surface area contributed by atoms with Crippen molar-refractivity contribution < 1.29 is 0 Å². The van der Waals surface area contributed by atoms with E-state index >= 15 is 0 Å². The molecule has 1 aromatic carbocycles. The van der Waals surface area contributed by atoms with Crippen LogP contribution in [-0.2, 0) is 6.54 Å². The molecule has 1 saturated heterocycles. The number of nitriles is 1. The topological polar surface area (TPSA) is 52.8 Å². The highest BCUT2D eigenvalue weighted by atomic mass is 32.1. The largest absolute Gasteiger partial charge is 0.299 e. The van der Waals surface area contributed by atoms with Gasteiger partial charge in [-0.05, 0) is 44.5 Å². The first-order chi connectivity index (χ1) is 10.3. The van der Waals surface area contributed by atoms with Crippen LogP contribution in [-0.4, -0.2) is 28.2 Å². The standard InChI is InChI=1S/C16H18N4S/c1-12-18-19-16(21-12)13-6-8-20(9-7-13)11-15-5-3-2-4-14(15)10-17/h2-5,13H,6-9,11H2,1H3. The predicted molar refractivity (Wildman–Crippen MR) is 83.1 cm³/mol. The Morgan fingerprint density at radius 2 is 2.05 bits per heavy atom. The van der Waals surface area contributed by atoms with Crippen LogP contribution in [0, 0.1) is 18.3 Å². The molecule has 0 bridgehead atoms. The molecule has 0 saturated carbocycles. The second-order valence-electron chi connectivity index (χ2n) is 5.48. The SMILES string of the molecule is Cc1nnc(C2CCN(Cc3ccccc3C#N)CC2)s1. The Hall–Kier alpha value is -1.77. The Balaban J connectivity index is 1.60. The lowest BCUT2D eigenvalue weighted by Gasteiger charge is -2.31. The molecule has 5 heteroatoms. The summed E-state index contributed by atoms with van der Waals surface area (Å²) in [4.78, 5) is 2.43. The van der Waals surface area contributed by atoms with E-state index in [1.54, 1.807) is 11.3 Å². The summed E-state index contributed by atoms with van der Waals surface area (Å²) in [6.45, 7) is 4.99. The van der Waals surface area contributed by atoms with Crippen molar-refractivity contribution in [3.8, 4) is 6.07 Å². The number of benzene rings is 1. The second-order valence-corrected chi connectivity index (χ2v) is 6.69. The van der Waals surface area contributed by atoms with Gasteiger partial charge >= 0.3 is 0 Å². The Morgan fingerprint density at radius 3 is 2.71 bits per heavy atom. The maximum Gasteiger partial charge on any atom is 0.120 e. The predicted octanol–water partition coefficient (Wildman–Crippen LogP) is 3.10. The highest BCUT2D eigenvalue weighted by molar-refractivity contribution is 7.11. The minimum Gasteiger partial charge on any atom is -0.299 e. The fourth-order valence-corrected chi connectivity index (χ4v) is 3.69. The molecule has 0 unspecified atom stereocenters. The monoisotopic (exact) mass is 298 g/mol. The minimum atomic E-state index is 0.554. The van der Waals surface area contributed by atoms with Gasteiger partial charge in [-0.3, -0.25) is 4.90 Å². The van der Waals surface area contributed by atoms with Crippen molar-refractivity contribution in [2.24, 2.45) is 0 Å². The molecular formula is C16H18N4S. The summed E-state index contributed by atoms with van der Waals surface area (Å²) >= 11 is 1.72. The Kier molecular flexibility index (Phi) is 4.28. The highest BCUT2D eigenvalue weighted by Gasteiger charge is 2.23. The molecule has 0 atom stereocenters. The van der Waals surface area contributed by atoms with Crippen LogP contribution in [0.15, 0.2) is 24.3 Å². The maximum absolute atomic E-state index is 9.16. The molecule has 2 aromatic rings. The molecule has 21 heavy (non-hydrogen) atoms. The summed E-state index contributed by atoms with van der Waals surface area (Å²) in [5, 5.41) is 19.8. The third-order valence-corrected chi connectivity index (χ3v) is 5.01. The smallest absolute Gasteiger partial charge is 0.120 e. The van der Waals surface area contributed by atoms with Gasteiger partial charge in [-0.2, -0.15) is 5.26 Å². The van der Waals surface area contributed by atoms with E-state index in [9.17, 15) is 0 Å². The normalized spacial score (nSPS) is 16.8. The summed E-state index contributed by atoms with van der Waals surface area (Å²) in [7, 11) is 0. The molecule has 108 valence electrons. The van der Waals surface area contributed by atoms with Gasteiger partial charge in [0.1, 0.15) is 10.0 Å². The van der Waals surface area contributed by atoms with Crippen molar-refractivity contribution in [2.75, 3.05) is 13.1 Å². The highest BCUT2D eigenvalue weighted by Crippen LogP contribution is 2.30. The van der Waals surface area contributed by atoms with Crippen LogP contribution < -0.4 is 0 Å². The zero-order valence-corrected chi connectivity index (χ0v) is 12.9. The quantitative estimate of drug-likeness (QED) is 0.873. The zero-order valence-electron chi connectivity index (χ0n) is 12.1. The van der Waals surface area contributed by atoms with Crippen molar-refractivity contribution in [3.63, 3.8) is 0 Å². The second kappa shape index (κ2) is 6.33. The molecule has 1 fully saturated rings. The summed E-state index contributed by atoms with van der Waals surface area (Å²) in [5.41, 5.74) is 1.92. The van der Waals surface area contributed by atoms with E-state index in [0.29, 0.717) is 5.92 Å². The maximum atomic E-state index is 9.16. The van der Waals surface area contributed by atoms with Crippen LogP contribution in [0.4, 0.5) is 0 Å². The van der Waals surface area contributed by atoms with E-state index in [1.165, 1.54) is 5.01 Å². The Bertz CT molecular complexity index is 650. The molecule has 4 nitrogen and oxygen atoms in total. The lowest BCUT2D eigenvalue weighted by Crippen LogP contribution is -2.32. The van der Waals surface area contributed by atoms with E-state index in [0.717, 1.165) is 48.6 Å². The minimum absolute atomic E-state index is 0.554. The number of hydrogen-bond donors (Lipinski definition) is 0. The number of nitrogens with zero attached hydrogens (tertiary/aromatic N) is 4. The number of piperidine rings is 1. The van der Waals surface area contributed by atoms with Gasteiger partial charge in [-0.15, -0.1) is 21.5 Å². The van der Waals surface area contributed by atoms with E-state index in [1.807, 2.05) is 25.1 Å². The van der Waals surface area contributed by atoms with Crippen LogP contribution in [0.2, 0.25) is 0 Å². The van der Waals surface area contributed by atoms with Crippen LogP contribution >= 0.6 is 11.3 Å². The van der Waals surface area contributed by atoms with Crippen LogP contribution in [0.25, 0.3) is 0 Å². The lowest BCUT2D eigenvalue weighted by atomic mass is 9.97. The molecule has 1 aliphatic heterocycles. The molecular weight excluding hydrogens is 280 g/mol. The summed E-state index contributed by atoms with van der Waals surface area (Å²) in [6, 6.07) is 10.2. The molecule has 0 aliphatic carbocycles. The molecule has 0 radical (unpaired) electrons. The summed E-state index contributed by atoms with van der Waals surface area (Å²) in [5.74, 6) is 0.554. The van der Waals surface area contributed by atoms with E-state index in [4.69, 9.17) is 5.26 Å². The fourth-order valence-electron chi connectivity index (χ4n) is 2.82. The van der Waals surface area contributed by atoms with Gasteiger partial charge in [0, 0.05) is 12.5 Å². The Labute approximate surface area is 129 Å². The molecule has 3 rings (SSSR count). The van der Waals surface area contributed by atoms with Gasteiger partial charge < -0.3 is 0 Å². The average Bonchev–Trinajstić information content (AvgIpc) is 2.95. The first-order valence-corrected chi connectivity index (χ1v) is 8.08. The zero-order chi connectivity index (χ0) is 14.7.